The molecular formula is C20H26N6OS. The van der Waals surface area contributed by atoms with Crippen LogP contribution in [0.25, 0.3) is 11.0 Å². The Labute approximate surface area is 169 Å². The molecule has 3 aromatic rings. The van der Waals surface area contributed by atoms with E-state index in [0.717, 1.165) is 34.0 Å². The average Bonchev–Trinajstić information content (AvgIpc) is 2.98. The van der Waals surface area contributed by atoms with Crippen molar-refractivity contribution in [1.29, 1.82) is 0 Å². The van der Waals surface area contributed by atoms with Crippen molar-refractivity contribution >= 4 is 34.7 Å². The highest BCUT2D eigenvalue weighted by molar-refractivity contribution is 7.98. The number of imidazole rings is 1. The Hall–Kier alpha value is -2.61. The van der Waals surface area contributed by atoms with Crippen molar-refractivity contribution in [1.82, 2.24) is 24.8 Å². The number of fused-ring (bicyclic) bond motifs is 1. The fourth-order valence-electron chi connectivity index (χ4n) is 3.09. The van der Waals surface area contributed by atoms with Crippen LogP contribution in [0, 0.1) is 13.8 Å². The summed E-state index contributed by atoms with van der Waals surface area (Å²) in [6.07, 6.45) is 2.72. The van der Waals surface area contributed by atoms with Gasteiger partial charge in [-0.2, -0.15) is 11.8 Å². The van der Waals surface area contributed by atoms with Crippen molar-refractivity contribution in [2.75, 3.05) is 17.3 Å². The second kappa shape index (κ2) is 9.05. The van der Waals surface area contributed by atoms with Crippen molar-refractivity contribution in [3.63, 3.8) is 0 Å². The first-order chi connectivity index (χ1) is 13.5. The molecule has 0 saturated carbocycles. The minimum absolute atomic E-state index is 0.0798. The maximum absolute atomic E-state index is 12.8. The summed E-state index contributed by atoms with van der Waals surface area (Å²) in [4.78, 5) is 26.3. The number of para-hydroxylation sites is 2. The maximum Gasteiger partial charge on any atom is 0.242 e. The minimum atomic E-state index is -0.400. The maximum atomic E-state index is 12.8. The lowest BCUT2D eigenvalue weighted by Crippen LogP contribution is -2.40. The van der Waals surface area contributed by atoms with E-state index in [0.29, 0.717) is 18.9 Å². The average molecular weight is 399 g/mol. The van der Waals surface area contributed by atoms with Gasteiger partial charge in [0, 0.05) is 18.4 Å². The van der Waals surface area contributed by atoms with Gasteiger partial charge in [-0.15, -0.1) is 0 Å². The fourth-order valence-corrected chi connectivity index (χ4v) is 3.57. The molecule has 1 atom stereocenters. The molecule has 7 nitrogen and oxygen atoms in total. The lowest BCUT2D eigenvalue weighted by atomic mass is 10.2. The number of aromatic nitrogens is 4. The topological polar surface area (TPSA) is 84.7 Å². The molecule has 28 heavy (non-hydrogen) atoms. The zero-order chi connectivity index (χ0) is 20.1. The van der Waals surface area contributed by atoms with Gasteiger partial charge in [-0.3, -0.25) is 4.79 Å². The number of benzene rings is 1. The molecule has 2 heterocycles. The second-order valence-electron chi connectivity index (χ2n) is 6.75. The molecule has 0 spiro atoms. The molecule has 1 amide bonds. The molecule has 8 heteroatoms. The van der Waals surface area contributed by atoms with E-state index >= 15 is 0 Å². The van der Waals surface area contributed by atoms with Crippen molar-refractivity contribution < 1.29 is 4.79 Å². The molecule has 0 aliphatic carbocycles. The Balaban J connectivity index is 1.70. The SMILES string of the molecule is CSCCC(Nc1nc(C)cc(C)n1)C(=O)NCc1nc2ccccc2n1C. The van der Waals surface area contributed by atoms with E-state index in [2.05, 4.69) is 25.6 Å². The number of hydrogen-bond donors (Lipinski definition) is 2. The van der Waals surface area contributed by atoms with Gasteiger partial charge in [-0.1, -0.05) is 12.1 Å². The van der Waals surface area contributed by atoms with Crippen LogP contribution in [0.2, 0.25) is 0 Å². The van der Waals surface area contributed by atoms with Crippen LogP contribution in [0.3, 0.4) is 0 Å². The Morgan fingerprint density at radius 2 is 1.89 bits per heavy atom. The smallest absolute Gasteiger partial charge is 0.242 e. The number of carbonyl (C=O) groups excluding carboxylic acids is 1. The van der Waals surface area contributed by atoms with E-state index in [1.165, 1.54) is 0 Å². The molecule has 3 rings (SSSR count). The highest BCUT2D eigenvalue weighted by Gasteiger charge is 2.20. The molecule has 0 fully saturated rings. The largest absolute Gasteiger partial charge is 0.347 e. The number of hydrogen-bond acceptors (Lipinski definition) is 6. The van der Waals surface area contributed by atoms with Crippen LogP contribution in [0.4, 0.5) is 5.95 Å². The number of amides is 1. The monoisotopic (exact) mass is 398 g/mol. The van der Waals surface area contributed by atoms with E-state index in [-0.39, 0.29) is 5.91 Å². The summed E-state index contributed by atoms with van der Waals surface area (Å²) in [6.45, 7) is 4.21. The minimum Gasteiger partial charge on any atom is -0.347 e. The lowest BCUT2D eigenvalue weighted by Gasteiger charge is -2.18. The molecule has 148 valence electrons. The van der Waals surface area contributed by atoms with Gasteiger partial charge in [-0.25, -0.2) is 15.0 Å². The van der Waals surface area contributed by atoms with Crippen LogP contribution in [-0.2, 0) is 18.4 Å². The summed E-state index contributed by atoms with van der Waals surface area (Å²) in [5.74, 6) is 2.09. The zero-order valence-electron chi connectivity index (χ0n) is 16.7. The van der Waals surface area contributed by atoms with Crippen molar-refractivity contribution in [3.8, 4) is 0 Å². The Morgan fingerprint density at radius 1 is 1.18 bits per heavy atom. The van der Waals surface area contributed by atoms with Gasteiger partial charge in [0.2, 0.25) is 11.9 Å². The van der Waals surface area contributed by atoms with Crippen LogP contribution in [0.1, 0.15) is 23.6 Å². The van der Waals surface area contributed by atoms with E-state index in [1.54, 1.807) is 11.8 Å². The van der Waals surface area contributed by atoms with Crippen LogP contribution in [0.5, 0.6) is 0 Å². The fraction of sp³-hybridized carbons (Fsp3) is 0.400. The summed E-state index contributed by atoms with van der Waals surface area (Å²) in [6, 6.07) is 9.45. The number of aryl methyl sites for hydroxylation is 3. The summed E-state index contributed by atoms with van der Waals surface area (Å²) in [5.41, 5.74) is 3.72. The summed E-state index contributed by atoms with van der Waals surface area (Å²) >= 11 is 1.71. The Kier molecular flexibility index (Phi) is 6.51. The third-order valence-electron chi connectivity index (χ3n) is 4.51. The summed E-state index contributed by atoms with van der Waals surface area (Å²) in [7, 11) is 1.96. The first-order valence-electron chi connectivity index (χ1n) is 9.23. The standard InChI is InChI=1S/C20H26N6OS/c1-13-11-14(2)23-20(22-13)25-16(9-10-28-4)19(27)21-12-18-24-15-7-5-6-8-17(15)26(18)3/h5-8,11,16H,9-10,12H2,1-4H3,(H,21,27)(H,22,23,25). The van der Waals surface area contributed by atoms with Crippen LogP contribution in [0.15, 0.2) is 30.3 Å². The predicted octanol–water partition coefficient (Wildman–Crippen LogP) is 2.83. The molecule has 0 aliphatic rings. The van der Waals surface area contributed by atoms with Gasteiger partial charge in [-0.05, 0) is 50.5 Å². The number of nitrogens with zero attached hydrogens (tertiary/aromatic N) is 4. The highest BCUT2D eigenvalue weighted by atomic mass is 32.2. The lowest BCUT2D eigenvalue weighted by molar-refractivity contribution is -0.122. The quantitative estimate of drug-likeness (QED) is 0.607. The van der Waals surface area contributed by atoms with Crippen LogP contribution >= 0.6 is 11.8 Å². The first-order valence-corrected chi connectivity index (χ1v) is 10.6. The van der Waals surface area contributed by atoms with Crippen molar-refractivity contribution in [2.24, 2.45) is 7.05 Å². The van der Waals surface area contributed by atoms with E-state index in [1.807, 2.05) is 62.0 Å². The van der Waals surface area contributed by atoms with Gasteiger partial charge >= 0.3 is 0 Å². The van der Waals surface area contributed by atoms with E-state index in [4.69, 9.17) is 0 Å². The molecule has 1 unspecified atom stereocenters. The third-order valence-corrected chi connectivity index (χ3v) is 5.16. The number of nitrogens with one attached hydrogen (secondary N) is 2. The molecular weight excluding hydrogens is 372 g/mol. The molecule has 0 aliphatic heterocycles. The van der Waals surface area contributed by atoms with Gasteiger partial charge < -0.3 is 15.2 Å². The number of rotatable bonds is 8. The third kappa shape index (κ3) is 4.81. The van der Waals surface area contributed by atoms with Gasteiger partial charge in [0.05, 0.1) is 17.6 Å². The molecule has 1 aromatic carbocycles. The number of anilines is 1. The van der Waals surface area contributed by atoms with Crippen molar-refractivity contribution in [3.05, 3.63) is 47.5 Å². The highest BCUT2D eigenvalue weighted by Crippen LogP contribution is 2.14. The van der Waals surface area contributed by atoms with Crippen LogP contribution < -0.4 is 10.6 Å². The normalized spacial score (nSPS) is 12.1. The second-order valence-corrected chi connectivity index (χ2v) is 7.73. The van der Waals surface area contributed by atoms with Crippen LogP contribution in [-0.4, -0.2) is 43.5 Å². The Bertz CT molecular complexity index is 950. The van der Waals surface area contributed by atoms with E-state index in [9.17, 15) is 4.79 Å². The number of carbonyl (C=O) groups is 1. The summed E-state index contributed by atoms with van der Waals surface area (Å²) in [5, 5.41) is 6.21. The first kappa shape index (κ1) is 20.1. The molecule has 2 N–H and O–H groups in total. The molecule has 0 saturated heterocycles. The summed E-state index contributed by atoms with van der Waals surface area (Å²) < 4.78 is 2.01. The molecule has 0 radical (unpaired) electrons. The molecule has 0 bridgehead atoms. The zero-order valence-corrected chi connectivity index (χ0v) is 17.5. The van der Waals surface area contributed by atoms with Gasteiger partial charge in [0.15, 0.2) is 0 Å². The van der Waals surface area contributed by atoms with Gasteiger partial charge in [0.1, 0.15) is 11.9 Å². The number of thioether (sulfide) groups is 1. The molecule has 2 aromatic heterocycles. The van der Waals surface area contributed by atoms with Crippen molar-refractivity contribution in [2.45, 2.75) is 32.9 Å². The Morgan fingerprint density at radius 3 is 2.57 bits per heavy atom. The van der Waals surface area contributed by atoms with E-state index < -0.39 is 6.04 Å². The van der Waals surface area contributed by atoms with Gasteiger partial charge in [0.25, 0.3) is 0 Å². The predicted molar refractivity (Wildman–Crippen MR) is 114 cm³/mol.